The second kappa shape index (κ2) is 12.6. The van der Waals surface area contributed by atoms with E-state index in [9.17, 15) is 4.79 Å². The van der Waals surface area contributed by atoms with E-state index >= 15 is 0 Å². The number of piperazine rings is 1. The highest BCUT2D eigenvalue weighted by Gasteiger charge is 2.45. The van der Waals surface area contributed by atoms with Gasteiger partial charge in [-0.2, -0.15) is 0 Å². The maximum Gasteiger partial charge on any atom is 0.234 e. The molecule has 11 heteroatoms. The number of hydrogen-bond donors (Lipinski definition) is 1. The van der Waals surface area contributed by atoms with Gasteiger partial charge in [0.25, 0.3) is 0 Å². The van der Waals surface area contributed by atoms with E-state index in [2.05, 4.69) is 32.2 Å². The average Bonchev–Trinajstić information content (AvgIpc) is 3.59. The van der Waals surface area contributed by atoms with Gasteiger partial charge in [-0.1, -0.05) is 29.3 Å². The molecule has 1 aromatic heterocycles. The van der Waals surface area contributed by atoms with Crippen molar-refractivity contribution < 1.29 is 19.0 Å². The fraction of sp³-hybridized carbons (Fsp3) is 0.429. The molecule has 208 valence electrons. The highest BCUT2D eigenvalue weighted by molar-refractivity contribution is 6.35. The van der Waals surface area contributed by atoms with Crippen molar-refractivity contribution in [1.29, 1.82) is 0 Å². The Morgan fingerprint density at radius 1 is 1.15 bits per heavy atom. The third-order valence-corrected chi connectivity index (χ3v) is 7.45. The number of carbonyl (C=O) groups excluding carboxylic acids is 1. The van der Waals surface area contributed by atoms with Crippen molar-refractivity contribution in [3.8, 4) is 5.75 Å². The summed E-state index contributed by atoms with van der Waals surface area (Å²) in [6.07, 6.45) is 4.99. The molecule has 1 amide bonds. The largest absolute Gasteiger partial charge is 0.491 e. The first kappa shape index (κ1) is 27.7. The Morgan fingerprint density at radius 2 is 1.95 bits per heavy atom. The van der Waals surface area contributed by atoms with E-state index in [1.54, 1.807) is 24.7 Å². The van der Waals surface area contributed by atoms with E-state index in [0.29, 0.717) is 48.5 Å². The summed E-state index contributed by atoms with van der Waals surface area (Å²) in [6, 6.07) is 13.4. The number of halogens is 2. The Bertz CT molecular complexity index is 1240. The van der Waals surface area contributed by atoms with Gasteiger partial charge < -0.3 is 29.0 Å². The van der Waals surface area contributed by atoms with Crippen LogP contribution in [0.1, 0.15) is 12.5 Å². The molecule has 0 saturated carbocycles. The van der Waals surface area contributed by atoms with Crippen LogP contribution in [0.3, 0.4) is 0 Å². The van der Waals surface area contributed by atoms with E-state index in [1.165, 1.54) is 0 Å². The lowest BCUT2D eigenvalue weighted by Crippen LogP contribution is -2.49. The van der Waals surface area contributed by atoms with Crippen LogP contribution in [-0.2, 0) is 26.6 Å². The van der Waals surface area contributed by atoms with Crippen molar-refractivity contribution in [2.24, 2.45) is 0 Å². The maximum absolute atomic E-state index is 11.9. The number of anilines is 1. The summed E-state index contributed by atoms with van der Waals surface area (Å²) in [7, 11) is 0. The van der Waals surface area contributed by atoms with Gasteiger partial charge in [0, 0.05) is 61.4 Å². The third-order valence-electron chi connectivity index (χ3n) is 6.90. The van der Waals surface area contributed by atoms with Crippen molar-refractivity contribution >= 4 is 34.8 Å². The van der Waals surface area contributed by atoms with Crippen LogP contribution in [0.25, 0.3) is 0 Å². The quantitative estimate of drug-likeness (QED) is 0.395. The fourth-order valence-corrected chi connectivity index (χ4v) is 5.49. The van der Waals surface area contributed by atoms with Crippen LogP contribution in [0, 0.1) is 0 Å². The van der Waals surface area contributed by atoms with Gasteiger partial charge in [0.05, 0.1) is 31.0 Å². The minimum Gasteiger partial charge on any atom is -0.491 e. The molecule has 1 N–H and O–H groups in total. The molecule has 0 aliphatic carbocycles. The topological polar surface area (TPSA) is 81.1 Å². The highest BCUT2D eigenvalue weighted by atomic mass is 35.5. The summed E-state index contributed by atoms with van der Waals surface area (Å²) in [5.41, 5.74) is 1.84. The van der Waals surface area contributed by atoms with Crippen LogP contribution in [0.2, 0.25) is 10.0 Å². The number of carbonyl (C=O) groups is 1. The number of imidazole rings is 1. The highest BCUT2D eigenvalue weighted by Crippen LogP contribution is 2.40. The monoisotopic (exact) mass is 573 g/mol. The molecule has 2 aromatic carbocycles. The SMILES string of the molecule is CCNC(=O)CN1CCN(c2ccc(OC[C@@H]3CO[C@@](Cn4ccnc4)(c4ccc(Cl)cc4Cl)O3)cc2)CC1. The second-order valence-electron chi connectivity index (χ2n) is 9.68. The minimum atomic E-state index is -1.08. The molecular formula is C28H33Cl2N5O4. The Kier molecular flexibility index (Phi) is 8.94. The third kappa shape index (κ3) is 6.85. The van der Waals surface area contributed by atoms with E-state index < -0.39 is 5.79 Å². The molecule has 2 aliphatic rings. The van der Waals surface area contributed by atoms with Gasteiger partial charge in [0.15, 0.2) is 0 Å². The smallest absolute Gasteiger partial charge is 0.234 e. The fourth-order valence-electron chi connectivity index (χ4n) is 4.94. The standard InChI is InChI=1S/C28H33Cl2N5O4/c1-2-32-27(36)16-33-11-13-35(14-12-33)22-4-6-23(7-5-22)37-17-24-18-38-28(39-24,19-34-10-9-31-20-34)25-8-3-21(29)15-26(25)30/h3-10,15,20,24H,2,11-14,16-19H2,1H3,(H,32,36)/t24-,28-/m1/s1. The molecular weight excluding hydrogens is 541 g/mol. The molecule has 3 heterocycles. The normalized spacial score (nSPS) is 21.7. The lowest BCUT2D eigenvalue weighted by atomic mass is 10.1. The van der Waals surface area contributed by atoms with Crippen molar-refractivity contribution in [2.75, 3.05) is 57.4 Å². The van der Waals surface area contributed by atoms with Gasteiger partial charge in [-0.05, 0) is 43.3 Å². The van der Waals surface area contributed by atoms with Gasteiger partial charge in [0.1, 0.15) is 18.5 Å². The van der Waals surface area contributed by atoms with Crippen LogP contribution in [-0.4, -0.2) is 78.9 Å². The molecule has 0 bridgehead atoms. The van der Waals surface area contributed by atoms with Gasteiger partial charge in [0.2, 0.25) is 11.7 Å². The zero-order valence-electron chi connectivity index (χ0n) is 21.9. The lowest BCUT2D eigenvalue weighted by Gasteiger charge is -2.35. The van der Waals surface area contributed by atoms with Gasteiger partial charge >= 0.3 is 0 Å². The number of hydrogen-bond acceptors (Lipinski definition) is 7. The molecule has 9 nitrogen and oxygen atoms in total. The Morgan fingerprint density at radius 3 is 2.64 bits per heavy atom. The number of benzene rings is 2. The summed E-state index contributed by atoms with van der Waals surface area (Å²) in [6.45, 7) is 7.58. The summed E-state index contributed by atoms with van der Waals surface area (Å²) in [5.74, 6) is -0.243. The summed E-state index contributed by atoms with van der Waals surface area (Å²) in [5, 5.41) is 3.88. The second-order valence-corrected chi connectivity index (χ2v) is 10.5. The molecule has 5 rings (SSSR count). The number of amides is 1. The first-order valence-corrected chi connectivity index (χ1v) is 13.9. The van der Waals surface area contributed by atoms with E-state index in [4.69, 9.17) is 37.4 Å². The molecule has 2 saturated heterocycles. The molecule has 3 aromatic rings. The Balaban J connectivity index is 1.16. The van der Waals surface area contributed by atoms with Crippen LogP contribution in [0.15, 0.2) is 61.2 Å². The molecule has 2 aliphatic heterocycles. The molecule has 2 fully saturated rings. The van der Waals surface area contributed by atoms with Crippen LogP contribution in [0.5, 0.6) is 5.75 Å². The zero-order chi connectivity index (χ0) is 27.2. The first-order chi connectivity index (χ1) is 18.9. The van der Waals surface area contributed by atoms with Crippen molar-refractivity contribution in [3.63, 3.8) is 0 Å². The molecule has 2 atom stereocenters. The molecule has 0 radical (unpaired) electrons. The summed E-state index contributed by atoms with van der Waals surface area (Å²) < 4.78 is 20.7. The average molecular weight is 575 g/mol. The zero-order valence-corrected chi connectivity index (χ0v) is 23.4. The Labute approximate surface area is 238 Å². The van der Waals surface area contributed by atoms with Crippen LogP contribution in [0.4, 0.5) is 5.69 Å². The molecule has 0 spiro atoms. The van der Waals surface area contributed by atoms with Gasteiger partial charge in [-0.3, -0.25) is 9.69 Å². The van der Waals surface area contributed by atoms with Gasteiger partial charge in [-0.15, -0.1) is 0 Å². The number of rotatable bonds is 10. The van der Waals surface area contributed by atoms with Crippen LogP contribution >= 0.6 is 23.2 Å². The number of aromatic nitrogens is 2. The number of ether oxygens (including phenoxy) is 3. The predicted octanol–water partition coefficient (Wildman–Crippen LogP) is 3.80. The predicted molar refractivity (Wildman–Crippen MR) is 150 cm³/mol. The van der Waals surface area contributed by atoms with Crippen LogP contribution < -0.4 is 15.0 Å². The van der Waals surface area contributed by atoms with E-state index in [0.717, 1.165) is 37.6 Å². The lowest BCUT2D eigenvalue weighted by molar-refractivity contribution is -0.189. The number of nitrogens with zero attached hydrogens (tertiary/aromatic N) is 4. The summed E-state index contributed by atoms with van der Waals surface area (Å²) in [4.78, 5) is 20.5. The number of nitrogens with one attached hydrogen (secondary N) is 1. The maximum atomic E-state index is 11.9. The number of likely N-dealkylation sites (N-methyl/N-ethyl adjacent to an activating group) is 1. The first-order valence-electron chi connectivity index (χ1n) is 13.1. The van der Waals surface area contributed by atoms with Crippen molar-refractivity contribution in [3.05, 3.63) is 76.8 Å². The molecule has 39 heavy (non-hydrogen) atoms. The minimum absolute atomic E-state index is 0.0827. The molecule has 0 unspecified atom stereocenters. The van der Waals surface area contributed by atoms with Crippen molar-refractivity contribution in [2.45, 2.75) is 25.4 Å². The van der Waals surface area contributed by atoms with Gasteiger partial charge in [-0.25, -0.2) is 4.98 Å². The van der Waals surface area contributed by atoms with Crippen molar-refractivity contribution in [1.82, 2.24) is 19.8 Å². The van der Waals surface area contributed by atoms with E-state index in [-0.39, 0.29) is 12.0 Å². The van der Waals surface area contributed by atoms with E-state index in [1.807, 2.05) is 35.9 Å². The summed E-state index contributed by atoms with van der Waals surface area (Å²) >= 11 is 12.7. The Hall–Kier alpha value is -2.82.